The van der Waals surface area contributed by atoms with Crippen molar-refractivity contribution in [1.29, 1.82) is 0 Å². The van der Waals surface area contributed by atoms with Gasteiger partial charge in [-0.15, -0.1) is 6.58 Å². The van der Waals surface area contributed by atoms with E-state index in [2.05, 4.69) is 30.6 Å². The Bertz CT molecular complexity index is 266. The van der Waals surface area contributed by atoms with Crippen LogP contribution in [0.4, 0.5) is 0 Å². The number of rotatable bonds is 7. The standard InChI is InChI=1S/C16H30N2S/c1-4-9-19-10-8-17-16-14-6-5-7-15(16)12-18(11-14)13(2)3/h4,13-17H,1,5-12H2,2-3H3. The number of hydrogen-bond donors (Lipinski definition) is 1. The van der Waals surface area contributed by atoms with Gasteiger partial charge in [-0.2, -0.15) is 11.8 Å². The van der Waals surface area contributed by atoms with Crippen molar-refractivity contribution in [2.45, 2.75) is 45.2 Å². The van der Waals surface area contributed by atoms with Gasteiger partial charge in [0.1, 0.15) is 0 Å². The molecule has 1 N–H and O–H groups in total. The van der Waals surface area contributed by atoms with Gasteiger partial charge < -0.3 is 10.2 Å². The summed E-state index contributed by atoms with van der Waals surface area (Å²) >= 11 is 1.98. The molecule has 2 unspecified atom stereocenters. The Morgan fingerprint density at radius 2 is 2.00 bits per heavy atom. The first-order valence-corrected chi connectivity index (χ1v) is 9.04. The van der Waals surface area contributed by atoms with Crippen molar-refractivity contribution in [3.8, 4) is 0 Å². The normalized spacial score (nSPS) is 31.6. The molecule has 0 aromatic heterocycles. The van der Waals surface area contributed by atoms with E-state index in [0.717, 1.165) is 30.2 Å². The molecule has 3 heteroatoms. The third-order valence-electron chi connectivity index (χ3n) is 4.70. The molecule has 2 atom stereocenters. The smallest absolute Gasteiger partial charge is 0.0148 e. The minimum absolute atomic E-state index is 0.715. The lowest BCUT2D eigenvalue weighted by molar-refractivity contribution is 0.0306. The van der Waals surface area contributed by atoms with Crippen molar-refractivity contribution in [2.24, 2.45) is 11.8 Å². The minimum Gasteiger partial charge on any atom is -0.313 e. The van der Waals surface area contributed by atoms with Crippen LogP contribution in [0, 0.1) is 11.8 Å². The second-order valence-electron chi connectivity index (χ2n) is 6.34. The lowest BCUT2D eigenvalue weighted by Gasteiger charge is -2.49. The van der Waals surface area contributed by atoms with Crippen LogP contribution in [0.25, 0.3) is 0 Å². The van der Waals surface area contributed by atoms with E-state index in [9.17, 15) is 0 Å². The van der Waals surface area contributed by atoms with Crippen LogP contribution in [-0.2, 0) is 0 Å². The lowest BCUT2D eigenvalue weighted by atomic mass is 9.73. The maximum Gasteiger partial charge on any atom is 0.0148 e. The van der Waals surface area contributed by atoms with Crippen molar-refractivity contribution in [1.82, 2.24) is 10.2 Å². The molecule has 19 heavy (non-hydrogen) atoms. The van der Waals surface area contributed by atoms with E-state index < -0.39 is 0 Å². The van der Waals surface area contributed by atoms with Crippen LogP contribution in [0.15, 0.2) is 12.7 Å². The molecule has 2 fully saturated rings. The Kier molecular flexibility index (Phi) is 6.24. The summed E-state index contributed by atoms with van der Waals surface area (Å²) in [6.07, 6.45) is 6.31. The highest BCUT2D eigenvalue weighted by molar-refractivity contribution is 7.99. The zero-order chi connectivity index (χ0) is 13.7. The monoisotopic (exact) mass is 282 g/mol. The molecule has 0 radical (unpaired) electrons. The Hall–Kier alpha value is 0.01000. The van der Waals surface area contributed by atoms with Crippen LogP contribution in [0.3, 0.4) is 0 Å². The van der Waals surface area contributed by atoms with Gasteiger partial charge >= 0.3 is 0 Å². The van der Waals surface area contributed by atoms with Gasteiger partial charge in [-0.05, 0) is 38.5 Å². The Morgan fingerprint density at radius 3 is 2.58 bits per heavy atom. The summed E-state index contributed by atoms with van der Waals surface area (Å²) in [5.41, 5.74) is 0. The molecule has 1 heterocycles. The molecule has 2 nitrogen and oxygen atoms in total. The molecule has 2 bridgehead atoms. The number of nitrogens with one attached hydrogen (secondary N) is 1. The molecule has 1 aliphatic heterocycles. The number of nitrogens with zero attached hydrogens (tertiary/aromatic N) is 1. The highest BCUT2D eigenvalue weighted by Crippen LogP contribution is 2.35. The van der Waals surface area contributed by atoms with Gasteiger partial charge in [-0.3, -0.25) is 0 Å². The number of hydrogen-bond acceptors (Lipinski definition) is 3. The van der Waals surface area contributed by atoms with Crippen LogP contribution in [0.2, 0.25) is 0 Å². The molecule has 0 amide bonds. The van der Waals surface area contributed by atoms with Gasteiger partial charge in [-0.1, -0.05) is 12.5 Å². The van der Waals surface area contributed by atoms with E-state index in [-0.39, 0.29) is 0 Å². The van der Waals surface area contributed by atoms with E-state index in [0.29, 0.717) is 6.04 Å². The molecular formula is C16H30N2S. The van der Waals surface area contributed by atoms with Gasteiger partial charge in [-0.25, -0.2) is 0 Å². The average Bonchev–Trinajstić information content (AvgIpc) is 2.37. The predicted molar refractivity (Wildman–Crippen MR) is 86.9 cm³/mol. The van der Waals surface area contributed by atoms with Crippen molar-refractivity contribution >= 4 is 11.8 Å². The first kappa shape index (κ1) is 15.4. The van der Waals surface area contributed by atoms with Gasteiger partial charge in [0, 0.05) is 43.2 Å². The van der Waals surface area contributed by atoms with Gasteiger partial charge in [0.15, 0.2) is 0 Å². The van der Waals surface area contributed by atoms with Crippen LogP contribution in [0.1, 0.15) is 33.1 Å². The molecule has 0 spiro atoms. The topological polar surface area (TPSA) is 15.3 Å². The number of thioether (sulfide) groups is 1. The quantitative estimate of drug-likeness (QED) is 0.571. The summed E-state index contributed by atoms with van der Waals surface area (Å²) in [6.45, 7) is 12.2. The lowest BCUT2D eigenvalue weighted by Crippen LogP contribution is -2.58. The molecule has 0 aromatic rings. The van der Waals surface area contributed by atoms with Gasteiger partial charge in [0.25, 0.3) is 0 Å². The molecule has 1 saturated heterocycles. The zero-order valence-electron chi connectivity index (χ0n) is 12.6. The van der Waals surface area contributed by atoms with Gasteiger partial charge in [0.05, 0.1) is 0 Å². The Balaban J connectivity index is 1.79. The molecule has 0 aromatic carbocycles. The number of likely N-dealkylation sites (tertiary alicyclic amines) is 1. The van der Waals surface area contributed by atoms with Crippen molar-refractivity contribution in [2.75, 3.05) is 31.1 Å². The highest BCUT2D eigenvalue weighted by atomic mass is 32.2. The summed E-state index contributed by atoms with van der Waals surface area (Å²) in [4.78, 5) is 2.69. The highest BCUT2D eigenvalue weighted by Gasteiger charge is 2.39. The second kappa shape index (κ2) is 7.70. The summed E-state index contributed by atoms with van der Waals surface area (Å²) in [7, 11) is 0. The fraction of sp³-hybridized carbons (Fsp3) is 0.875. The van der Waals surface area contributed by atoms with E-state index in [1.54, 1.807) is 0 Å². The summed E-state index contributed by atoms with van der Waals surface area (Å²) in [5.74, 6) is 4.08. The van der Waals surface area contributed by atoms with E-state index in [1.165, 1.54) is 38.1 Å². The molecule has 1 saturated carbocycles. The third kappa shape index (κ3) is 4.24. The van der Waals surface area contributed by atoms with Crippen LogP contribution in [0.5, 0.6) is 0 Å². The van der Waals surface area contributed by atoms with Gasteiger partial charge in [0.2, 0.25) is 0 Å². The Labute approximate surface area is 123 Å². The summed E-state index contributed by atoms with van der Waals surface area (Å²) < 4.78 is 0. The third-order valence-corrected chi connectivity index (χ3v) is 5.66. The largest absolute Gasteiger partial charge is 0.313 e. The number of fused-ring (bicyclic) bond motifs is 2. The molecule has 1 aliphatic carbocycles. The van der Waals surface area contributed by atoms with Crippen molar-refractivity contribution in [3.63, 3.8) is 0 Å². The summed E-state index contributed by atoms with van der Waals surface area (Å²) in [6, 6.07) is 1.50. The van der Waals surface area contributed by atoms with Crippen LogP contribution in [-0.4, -0.2) is 48.1 Å². The first-order chi connectivity index (χ1) is 9.22. The molecule has 2 rings (SSSR count). The summed E-state index contributed by atoms with van der Waals surface area (Å²) in [5, 5.41) is 3.86. The first-order valence-electron chi connectivity index (χ1n) is 7.88. The predicted octanol–water partition coefficient (Wildman–Crippen LogP) is 3.00. The van der Waals surface area contributed by atoms with Crippen molar-refractivity contribution < 1.29 is 0 Å². The Morgan fingerprint density at radius 1 is 1.32 bits per heavy atom. The fourth-order valence-corrected chi connectivity index (χ4v) is 4.29. The maximum absolute atomic E-state index is 3.86. The zero-order valence-corrected chi connectivity index (χ0v) is 13.4. The van der Waals surface area contributed by atoms with E-state index in [1.807, 2.05) is 17.8 Å². The molecule has 110 valence electrons. The van der Waals surface area contributed by atoms with E-state index >= 15 is 0 Å². The number of piperidine rings is 1. The van der Waals surface area contributed by atoms with E-state index in [4.69, 9.17) is 0 Å². The van der Waals surface area contributed by atoms with Crippen molar-refractivity contribution in [3.05, 3.63) is 12.7 Å². The van der Waals surface area contributed by atoms with Crippen LogP contribution >= 0.6 is 11.8 Å². The second-order valence-corrected chi connectivity index (χ2v) is 7.49. The van der Waals surface area contributed by atoms with Crippen LogP contribution < -0.4 is 5.32 Å². The molecule has 2 aliphatic rings. The SMILES string of the molecule is C=CCSCCNC1C2CCCC1CN(C(C)C)C2. The fourth-order valence-electron chi connectivity index (χ4n) is 3.69. The molecular weight excluding hydrogens is 252 g/mol. The maximum atomic E-state index is 3.86. The minimum atomic E-state index is 0.715. The average molecular weight is 282 g/mol.